The van der Waals surface area contributed by atoms with Crippen molar-refractivity contribution in [3.8, 4) is 0 Å². The van der Waals surface area contributed by atoms with Gasteiger partial charge in [-0.15, -0.1) is 0 Å². The molecule has 0 bridgehead atoms. The number of benzene rings is 1. The fourth-order valence-corrected chi connectivity index (χ4v) is 3.61. The zero-order chi connectivity index (χ0) is 14.8. The Hall–Kier alpha value is -1.27. The molecule has 0 spiro atoms. The SMILES string of the molecule is CN(c1cccc(S(N)(=O)=O)c1N)C1CCCCCC1. The maximum absolute atomic E-state index is 11.5. The van der Waals surface area contributed by atoms with Crippen LogP contribution in [0.3, 0.4) is 0 Å². The second-order valence-electron chi connectivity index (χ2n) is 5.49. The van der Waals surface area contributed by atoms with Gasteiger partial charge >= 0.3 is 0 Å². The fraction of sp³-hybridized carbons (Fsp3) is 0.571. The molecule has 1 aliphatic carbocycles. The number of anilines is 2. The van der Waals surface area contributed by atoms with E-state index in [4.69, 9.17) is 10.9 Å². The number of sulfonamides is 1. The Kier molecular flexibility index (Phi) is 4.55. The molecule has 5 nitrogen and oxygen atoms in total. The van der Waals surface area contributed by atoms with Crippen molar-refractivity contribution in [3.63, 3.8) is 0 Å². The largest absolute Gasteiger partial charge is 0.396 e. The summed E-state index contributed by atoms with van der Waals surface area (Å²) in [6, 6.07) is 5.42. The van der Waals surface area contributed by atoms with E-state index in [0.717, 1.165) is 18.5 Å². The number of nitrogens with zero attached hydrogens (tertiary/aromatic N) is 1. The van der Waals surface area contributed by atoms with Gasteiger partial charge in [0.2, 0.25) is 10.0 Å². The molecule has 0 saturated heterocycles. The summed E-state index contributed by atoms with van der Waals surface area (Å²) in [6.07, 6.45) is 7.22. The Morgan fingerprint density at radius 1 is 1.15 bits per heavy atom. The summed E-state index contributed by atoms with van der Waals surface area (Å²) in [5.74, 6) is 0. The molecule has 0 atom stereocenters. The van der Waals surface area contributed by atoms with Crippen LogP contribution < -0.4 is 15.8 Å². The van der Waals surface area contributed by atoms with Crippen LogP contribution in [-0.2, 0) is 10.0 Å². The molecule has 0 radical (unpaired) electrons. The van der Waals surface area contributed by atoms with E-state index < -0.39 is 10.0 Å². The van der Waals surface area contributed by atoms with E-state index >= 15 is 0 Å². The molecule has 2 rings (SSSR count). The number of rotatable bonds is 3. The van der Waals surface area contributed by atoms with Crippen molar-refractivity contribution >= 4 is 21.4 Å². The summed E-state index contributed by atoms with van der Waals surface area (Å²) in [5, 5.41) is 5.20. The number of para-hydroxylation sites is 1. The molecule has 1 aliphatic rings. The van der Waals surface area contributed by atoms with E-state index in [1.165, 1.54) is 31.7 Å². The first-order valence-corrected chi connectivity index (χ1v) is 8.60. The molecule has 20 heavy (non-hydrogen) atoms. The number of primary sulfonamides is 1. The van der Waals surface area contributed by atoms with Crippen LogP contribution >= 0.6 is 0 Å². The minimum absolute atomic E-state index is 0.00970. The molecule has 0 amide bonds. The van der Waals surface area contributed by atoms with Crippen LogP contribution in [0, 0.1) is 0 Å². The minimum atomic E-state index is -3.78. The molecule has 0 aliphatic heterocycles. The van der Waals surface area contributed by atoms with E-state index in [1.54, 1.807) is 6.07 Å². The molecule has 0 unspecified atom stereocenters. The Bertz CT molecular complexity index is 564. The summed E-state index contributed by atoms with van der Waals surface area (Å²) in [4.78, 5) is 2.12. The van der Waals surface area contributed by atoms with Gasteiger partial charge in [0.1, 0.15) is 4.90 Å². The van der Waals surface area contributed by atoms with Crippen molar-refractivity contribution < 1.29 is 8.42 Å². The third-order valence-corrected chi connectivity index (χ3v) is 5.07. The first kappa shape index (κ1) is 15.1. The fourth-order valence-electron chi connectivity index (χ4n) is 2.93. The Morgan fingerprint density at radius 3 is 2.30 bits per heavy atom. The predicted octanol–water partition coefficient (Wildman–Crippen LogP) is 2.08. The maximum Gasteiger partial charge on any atom is 0.240 e. The Morgan fingerprint density at radius 2 is 1.75 bits per heavy atom. The maximum atomic E-state index is 11.5. The van der Waals surface area contributed by atoms with Gasteiger partial charge in [-0.2, -0.15) is 0 Å². The van der Waals surface area contributed by atoms with Crippen LogP contribution in [0.2, 0.25) is 0 Å². The molecular weight excluding hydrogens is 274 g/mol. The number of nitrogens with two attached hydrogens (primary N) is 2. The molecule has 4 N–H and O–H groups in total. The molecule has 1 saturated carbocycles. The molecule has 1 fully saturated rings. The molecule has 0 heterocycles. The van der Waals surface area contributed by atoms with Gasteiger partial charge in [-0.25, -0.2) is 13.6 Å². The van der Waals surface area contributed by atoms with Crippen LogP contribution in [0.1, 0.15) is 38.5 Å². The van der Waals surface area contributed by atoms with Crippen LogP contribution in [-0.4, -0.2) is 21.5 Å². The molecule has 1 aromatic carbocycles. The zero-order valence-electron chi connectivity index (χ0n) is 11.9. The lowest BCUT2D eigenvalue weighted by Crippen LogP contribution is -2.32. The third-order valence-electron chi connectivity index (χ3n) is 4.10. The summed E-state index contributed by atoms with van der Waals surface area (Å²) in [5.41, 5.74) is 7.02. The highest BCUT2D eigenvalue weighted by Gasteiger charge is 2.22. The second kappa shape index (κ2) is 6.01. The molecule has 112 valence electrons. The average molecular weight is 297 g/mol. The van der Waals surface area contributed by atoms with Crippen molar-refractivity contribution in [2.75, 3.05) is 17.7 Å². The van der Waals surface area contributed by atoms with Gasteiger partial charge < -0.3 is 10.6 Å². The lowest BCUT2D eigenvalue weighted by atomic mass is 10.1. The summed E-state index contributed by atoms with van der Waals surface area (Å²) in [6.45, 7) is 0. The van der Waals surface area contributed by atoms with Gasteiger partial charge in [-0.05, 0) is 25.0 Å². The van der Waals surface area contributed by atoms with Gasteiger partial charge in [-0.1, -0.05) is 31.7 Å². The third kappa shape index (κ3) is 3.24. The van der Waals surface area contributed by atoms with E-state index in [2.05, 4.69) is 4.90 Å². The lowest BCUT2D eigenvalue weighted by Gasteiger charge is -2.30. The molecule has 0 aromatic heterocycles. The van der Waals surface area contributed by atoms with Crippen molar-refractivity contribution in [2.45, 2.75) is 49.5 Å². The summed E-state index contributed by atoms with van der Waals surface area (Å²) < 4.78 is 23.1. The molecule has 6 heteroatoms. The highest BCUT2D eigenvalue weighted by Crippen LogP contribution is 2.32. The summed E-state index contributed by atoms with van der Waals surface area (Å²) in [7, 11) is -1.80. The monoisotopic (exact) mass is 297 g/mol. The van der Waals surface area contributed by atoms with E-state index in [-0.39, 0.29) is 10.6 Å². The van der Waals surface area contributed by atoms with Gasteiger partial charge in [0.05, 0.1) is 11.4 Å². The van der Waals surface area contributed by atoms with Crippen molar-refractivity contribution in [3.05, 3.63) is 18.2 Å². The number of hydrogen-bond acceptors (Lipinski definition) is 4. The average Bonchev–Trinajstić information content (AvgIpc) is 2.65. The Labute approximate surface area is 121 Å². The van der Waals surface area contributed by atoms with Gasteiger partial charge in [-0.3, -0.25) is 0 Å². The topological polar surface area (TPSA) is 89.4 Å². The first-order chi connectivity index (χ1) is 9.41. The summed E-state index contributed by atoms with van der Waals surface area (Å²) >= 11 is 0. The zero-order valence-corrected chi connectivity index (χ0v) is 12.7. The van der Waals surface area contributed by atoms with Gasteiger partial charge in [0.15, 0.2) is 0 Å². The van der Waals surface area contributed by atoms with Crippen molar-refractivity contribution in [1.29, 1.82) is 0 Å². The number of nitrogen functional groups attached to an aromatic ring is 1. The van der Waals surface area contributed by atoms with Crippen molar-refractivity contribution in [1.82, 2.24) is 0 Å². The van der Waals surface area contributed by atoms with Gasteiger partial charge in [0.25, 0.3) is 0 Å². The second-order valence-corrected chi connectivity index (χ2v) is 7.02. The van der Waals surface area contributed by atoms with Crippen LogP contribution in [0.4, 0.5) is 11.4 Å². The normalized spacial score (nSPS) is 17.7. The van der Waals surface area contributed by atoms with Gasteiger partial charge in [0, 0.05) is 13.1 Å². The van der Waals surface area contributed by atoms with Crippen LogP contribution in [0.5, 0.6) is 0 Å². The Balaban J connectivity index is 2.32. The van der Waals surface area contributed by atoms with E-state index in [9.17, 15) is 8.42 Å². The lowest BCUT2D eigenvalue weighted by molar-refractivity contribution is 0.553. The minimum Gasteiger partial charge on any atom is -0.396 e. The van der Waals surface area contributed by atoms with Crippen molar-refractivity contribution in [2.24, 2.45) is 5.14 Å². The predicted molar refractivity (Wildman–Crippen MR) is 82.1 cm³/mol. The van der Waals surface area contributed by atoms with Crippen LogP contribution in [0.15, 0.2) is 23.1 Å². The quantitative estimate of drug-likeness (QED) is 0.660. The first-order valence-electron chi connectivity index (χ1n) is 7.05. The number of hydrogen-bond donors (Lipinski definition) is 2. The van der Waals surface area contributed by atoms with E-state index in [0.29, 0.717) is 6.04 Å². The molecule has 1 aromatic rings. The van der Waals surface area contributed by atoms with E-state index in [1.807, 2.05) is 13.1 Å². The smallest absolute Gasteiger partial charge is 0.240 e. The molecular formula is C14H23N3O2S. The standard InChI is InChI=1S/C14H23N3O2S/c1-17(11-7-4-2-3-5-8-11)12-9-6-10-13(14(12)15)20(16,18)19/h6,9-11H,2-5,7-8,15H2,1H3,(H2,16,18,19). The highest BCUT2D eigenvalue weighted by molar-refractivity contribution is 7.89. The highest BCUT2D eigenvalue weighted by atomic mass is 32.2. The van der Waals surface area contributed by atoms with Crippen LogP contribution in [0.25, 0.3) is 0 Å².